The summed E-state index contributed by atoms with van der Waals surface area (Å²) < 4.78 is 0. The SMILES string of the molecule is Cc1cccc(CN2CCN(Cc3nc(C)c(C)[nH]3)CC2=O)c1. The van der Waals surface area contributed by atoms with E-state index in [0.29, 0.717) is 19.6 Å². The minimum atomic E-state index is 0.192. The molecule has 1 aromatic heterocycles. The fourth-order valence-corrected chi connectivity index (χ4v) is 3.00. The van der Waals surface area contributed by atoms with Crippen LogP contribution in [0.5, 0.6) is 0 Å². The Morgan fingerprint density at radius 2 is 2.00 bits per heavy atom. The molecule has 1 fully saturated rings. The third kappa shape index (κ3) is 3.79. The van der Waals surface area contributed by atoms with Crippen molar-refractivity contribution < 1.29 is 4.79 Å². The van der Waals surface area contributed by atoms with Crippen molar-refractivity contribution in [3.63, 3.8) is 0 Å². The molecule has 1 saturated heterocycles. The number of H-pyrrole nitrogens is 1. The largest absolute Gasteiger partial charge is 0.345 e. The molecule has 2 heterocycles. The summed E-state index contributed by atoms with van der Waals surface area (Å²) in [6, 6.07) is 8.36. The number of benzene rings is 1. The van der Waals surface area contributed by atoms with Crippen molar-refractivity contribution in [2.24, 2.45) is 0 Å². The summed E-state index contributed by atoms with van der Waals surface area (Å²) in [4.78, 5) is 24.3. The Morgan fingerprint density at radius 1 is 1.17 bits per heavy atom. The van der Waals surface area contributed by atoms with Crippen LogP contribution < -0.4 is 0 Å². The Morgan fingerprint density at radius 3 is 2.65 bits per heavy atom. The first-order valence-corrected chi connectivity index (χ1v) is 8.09. The van der Waals surface area contributed by atoms with Crippen molar-refractivity contribution >= 4 is 5.91 Å². The van der Waals surface area contributed by atoms with Gasteiger partial charge in [-0.15, -0.1) is 0 Å². The Balaban J connectivity index is 1.58. The molecule has 1 amide bonds. The molecule has 0 atom stereocenters. The minimum absolute atomic E-state index is 0.192. The lowest BCUT2D eigenvalue weighted by Gasteiger charge is -2.34. The maximum atomic E-state index is 12.4. The topological polar surface area (TPSA) is 52.2 Å². The quantitative estimate of drug-likeness (QED) is 0.941. The van der Waals surface area contributed by atoms with Gasteiger partial charge in [0.05, 0.1) is 18.8 Å². The lowest BCUT2D eigenvalue weighted by Crippen LogP contribution is -2.49. The van der Waals surface area contributed by atoms with Crippen LogP contribution in [0.3, 0.4) is 0 Å². The minimum Gasteiger partial charge on any atom is -0.345 e. The molecular formula is C18H24N4O. The molecule has 0 bridgehead atoms. The van der Waals surface area contributed by atoms with E-state index in [1.807, 2.05) is 24.8 Å². The molecular weight excluding hydrogens is 288 g/mol. The molecule has 122 valence electrons. The first kappa shape index (κ1) is 15.7. The Kier molecular flexibility index (Phi) is 4.48. The van der Waals surface area contributed by atoms with Gasteiger partial charge < -0.3 is 9.88 Å². The molecule has 3 rings (SSSR count). The summed E-state index contributed by atoms with van der Waals surface area (Å²) in [6.45, 7) is 9.63. The number of rotatable bonds is 4. The standard InChI is InChI=1S/C18H24N4O/c1-13-5-4-6-16(9-13)10-22-8-7-21(12-18(22)23)11-17-19-14(2)15(3)20-17/h4-6,9H,7-8,10-12H2,1-3H3,(H,19,20). The van der Waals surface area contributed by atoms with Crippen molar-refractivity contribution in [1.29, 1.82) is 0 Å². The van der Waals surface area contributed by atoms with Crippen LogP contribution in [0.1, 0.15) is 28.3 Å². The van der Waals surface area contributed by atoms with E-state index in [0.717, 1.165) is 30.3 Å². The predicted molar refractivity (Wildman–Crippen MR) is 89.9 cm³/mol. The van der Waals surface area contributed by atoms with Crippen molar-refractivity contribution in [2.45, 2.75) is 33.9 Å². The fourth-order valence-electron chi connectivity index (χ4n) is 3.00. The van der Waals surface area contributed by atoms with Crippen LogP contribution in [-0.2, 0) is 17.9 Å². The highest BCUT2D eigenvalue weighted by Crippen LogP contribution is 2.13. The van der Waals surface area contributed by atoms with E-state index in [-0.39, 0.29) is 5.91 Å². The summed E-state index contributed by atoms with van der Waals surface area (Å²) in [5.41, 5.74) is 4.56. The van der Waals surface area contributed by atoms with Crippen LogP contribution in [0.4, 0.5) is 0 Å². The molecule has 5 nitrogen and oxygen atoms in total. The van der Waals surface area contributed by atoms with E-state index >= 15 is 0 Å². The van der Waals surface area contributed by atoms with E-state index < -0.39 is 0 Å². The summed E-state index contributed by atoms with van der Waals surface area (Å²) >= 11 is 0. The number of carbonyl (C=O) groups excluding carboxylic acids is 1. The van der Waals surface area contributed by atoms with Crippen LogP contribution >= 0.6 is 0 Å². The molecule has 0 saturated carbocycles. The fraction of sp³-hybridized carbons (Fsp3) is 0.444. The molecule has 0 unspecified atom stereocenters. The average Bonchev–Trinajstić information content (AvgIpc) is 2.80. The molecule has 2 aromatic rings. The summed E-state index contributed by atoms with van der Waals surface area (Å²) in [5.74, 6) is 1.14. The zero-order chi connectivity index (χ0) is 16.4. The number of aromatic amines is 1. The number of amides is 1. The van der Waals surface area contributed by atoms with Gasteiger partial charge in [-0.3, -0.25) is 9.69 Å². The molecule has 1 N–H and O–H groups in total. The molecule has 1 aliphatic heterocycles. The number of nitrogens with zero attached hydrogens (tertiary/aromatic N) is 3. The highest BCUT2D eigenvalue weighted by atomic mass is 16.2. The molecule has 0 aliphatic carbocycles. The van der Waals surface area contributed by atoms with Crippen molar-refractivity contribution in [1.82, 2.24) is 19.8 Å². The third-order valence-corrected chi connectivity index (χ3v) is 4.40. The number of hydrogen-bond acceptors (Lipinski definition) is 3. The Labute approximate surface area is 137 Å². The van der Waals surface area contributed by atoms with Gasteiger partial charge in [-0.05, 0) is 26.3 Å². The zero-order valence-electron chi connectivity index (χ0n) is 14.1. The summed E-state index contributed by atoms with van der Waals surface area (Å²) in [7, 11) is 0. The lowest BCUT2D eigenvalue weighted by atomic mass is 10.1. The summed E-state index contributed by atoms with van der Waals surface area (Å²) in [5, 5.41) is 0. The maximum Gasteiger partial charge on any atom is 0.237 e. The number of carbonyl (C=O) groups is 1. The molecule has 0 spiro atoms. The number of hydrogen-bond donors (Lipinski definition) is 1. The number of imidazole rings is 1. The second-order valence-electron chi connectivity index (χ2n) is 6.41. The third-order valence-electron chi connectivity index (χ3n) is 4.40. The molecule has 1 aromatic carbocycles. The van der Waals surface area contributed by atoms with Crippen LogP contribution in [-0.4, -0.2) is 45.3 Å². The Bertz CT molecular complexity index is 687. The van der Waals surface area contributed by atoms with Crippen LogP contribution in [0, 0.1) is 20.8 Å². The lowest BCUT2D eigenvalue weighted by molar-refractivity contribution is -0.136. The van der Waals surface area contributed by atoms with E-state index in [9.17, 15) is 4.79 Å². The number of aromatic nitrogens is 2. The second-order valence-corrected chi connectivity index (χ2v) is 6.41. The van der Waals surface area contributed by atoms with Gasteiger partial charge in [0.2, 0.25) is 5.91 Å². The number of aryl methyl sites for hydroxylation is 3. The van der Waals surface area contributed by atoms with Crippen molar-refractivity contribution in [2.75, 3.05) is 19.6 Å². The number of piperazine rings is 1. The highest BCUT2D eigenvalue weighted by Gasteiger charge is 2.24. The maximum absolute atomic E-state index is 12.4. The van der Waals surface area contributed by atoms with Gasteiger partial charge in [0, 0.05) is 25.3 Å². The van der Waals surface area contributed by atoms with Gasteiger partial charge in [-0.1, -0.05) is 29.8 Å². The average molecular weight is 312 g/mol. The smallest absolute Gasteiger partial charge is 0.237 e. The first-order chi connectivity index (χ1) is 11.0. The molecule has 5 heteroatoms. The highest BCUT2D eigenvalue weighted by molar-refractivity contribution is 5.79. The molecule has 23 heavy (non-hydrogen) atoms. The molecule has 0 radical (unpaired) electrons. The van der Waals surface area contributed by atoms with Gasteiger partial charge in [-0.25, -0.2) is 4.98 Å². The predicted octanol–water partition coefficient (Wildman–Crippen LogP) is 2.18. The van der Waals surface area contributed by atoms with E-state index in [1.165, 1.54) is 11.1 Å². The van der Waals surface area contributed by atoms with Gasteiger partial charge in [0.1, 0.15) is 5.82 Å². The van der Waals surface area contributed by atoms with Crippen LogP contribution in [0.2, 0.25) is 0 Å². The van der Waals surface area contributed by atoms with E-state index in [4.69, 9.17) is 0 Å². The Hall–Kier alpha value is -2.14. The molecule has 1 aliphatic rings. The summed E-state index contributed by atoms with van der Waals surface area (Å²) in [6.07, 6.45) is 0. The van der Waals surface area contributed by atoms with Crippen LogP contribution in [0.15, 0.2) is 24.3 Å². The zero-order valence-corrected chi connectivity index (χ0v) is 14.1. The van der Waals surface area contributed by atoms with Gasteiger partial charge in [-0.2, -0.15) is 0 Å². The van der Waals surface area contributed by atoms with Gasteiger partial charge in [0.25, 0.3) is 0 Å². The normalized spacial score (nSPS) is 16.1. The first-order valence-electron chi connectivity index (χ1n) is 8.09. The van der Waals surface area contributed by atoms with Gasteiger partial charge in [0.15, 0.2) is 0 Å². The van der Waals surface area contributed by atoms with Gasteiger partial charge >= 0.3 is 0 Å². The van der Waals surface area contributed by atoms with E-state index in [1.54, 1.807) is 0 Å². The number of nitrogens with one attached hydrogen (secondary N) is 1. The van der Waals surface area contributed by atoms with Crippen molar-refractivity contribution in [3.8, 4) is 0 Å². The van der Waals surface area contributed by atoms with Crippen LogP contribution in [0.25, 0.3) is 0 Å². The second kappa shape index (κ2) is 6.54. The van der Waals surface area contributed by atoms with Crippen molar-refractivity contribution in [3.05, 3.63) is 52.6 Å². The van der Waals surface area contributed by atoms with E-state index in [2.05, 4.69) is 40.0 Å². The monoisotopic (exact) mass is 312 g/mol.